The van der Waals surface area contributed by atoms with Crippen molar-refractivity contribution < 1.29 is 20.1 Å². The molecule has 8 nitrogen and oxygen atoms in total. The minimum absolute atomic E-state index is 0.314. The van der Waals surface area contributed by atoms with Crippen molar-refractivity contribution >= 4 is 28.5 Å². The van der Waals surface area contributed by atoms with Crippen molar-refractivity contribution in [3.63, 3.8) is 0 Å². The topological polar surface area (TPSA) is 113 Å². The van der Waals surface area contributed by atoms with Crippen molar-refractivity contribution in [1.29, 1.82) is 0 Å². The largest absolute Gasteiger partial charge is 0.394 e. The number of aliphatic hydroxyl groups excluding tert-OH is 3. The third-order valence-corrected chi connectivity index (χ3v) is 5.95. The first-order valence-corrected chi connectivity index (χ1v) is 10.4. The van der Waals surface area contributed by atoms with Crippen molar-refractivity contribution in [2.45, 2.75) is 75.5 Å². The maximum atomic E-state index is 10.3. The van der Waals surface area contributed by atoms with Gasteiger partial charge in [-0.2, -0.15) is 0 Å². The fraction of sp³-hybridized carbons (Fsp3) is 0.684. The van der Waals surface area contributed by atoms with Gasteiger partial charge in [0.05, 0.1) is 18.6 Å². The lowest BCUT2D eigenvalue weighted by atomic mass is 9.96. The Bertz CT molecular complexity index is 809. The zero-order valence-corrected chi connectivity index (χ0v) is 16.4. The Balaban J connectivity index is 1.63. The summed E-state index contributed by atoms with van der Waals surface area (Å²) in [6.45, 7) is -0.385. The molecular weight excluding hydrogens is 384 g/mol. The van der Waals surface area contributed by atoms with E-state index in [-0.39, 0.29) is 6.61 Å². The van der Waals surface area contributed by atoms with E-state index in [1.165, 1.54) is 38.4 Å². The number of aromatic nitrogens is 3. The number of nitrogens with one attached hydrogen (secondary N) is 1. The highest BCUT2D eigenvalue weighted by molar-refractivity contribution is 6.30. The smallest absolute Gasteiger partial charge is 0.165 e. The molecule has 4 unspecified atom stereocenters. The molecule has 154 valence electrons. The van der Waals surface area contributed by atoms with Gasteiger partial charge in [-0.25, -0.2) is 9.97 Å². The van der Waals surface area contributed by atoms with Gasteiger partial charge in [-0.3, -0.25) is 4.57 Å². The molecular formula is C19H27ClN4O4. The number of hydrogen-bond donors (Lipinski definition) is 4. The number of halogens is 1. The molecule has 3 heterocycles. The zero-order chi connectivity index (χ0) is 19.7. The predicted molar refractivity (Wildman–Crippen MR) is 105 cm³/mol. The Morgan fingerprint density at radius 3 is 2.54 bits per heavy atom. The summed E-state index contributed by atoms with van der Waals surface area (Å²) >= 11 is 6.27. The summed E-state index contributed by atoms with van der Waals surface area (Å²) in [5.41, 5.74) is 1.92. The van der Waals surface area contributed by atoms with Crippen molar-refractivity contribution in [2.24, 2.45) is 0 Å². The van der Waals surface area contributed by atoms with E-state index in [9.17, 15) is 15.3 Å². The van der Waals surface area contributed by atoms with Crippen LogP contribution in [0.4, 0.5) is 5.69 Å². The van der Waals surface area contributed by atoms with Gasteiger partial charge in [0.15, 0.2) is 11.9 Å². The number of imidazole rings is 1. The van der Waals surface area contributed by atoms with Gasteiger partial charge in [-0.1, -0.05) is 43.7 Å². The van der Waals surface area contributed by atoms with Crippen LogP contribution in [0.25, 0.3) is 11.2 Å². The Hall–Kier alpha value is -1.45. The second kappa shape index (κ2) is 8.51. The molecule has 4 rings (SSSR count). The lowest BCUT2D eigenvalue weighted by molar-refractivity contribution is -0.0511. The highest BCUT2D eigenvalue weighted by atomic mass is 35.5. The van der Waals surface area contributed by atoms with E-state index in [2.05, 4.69) is 15.3 Å². The molecule has 0 radical (unpaired) electrons. The van der Waals surface area contributed by atoms with Gasteiger partial charge in [0.1, 0.15) is 29.0 Å². The van der Waals surface area contributed by atoms with Crippen LogP contribution in [0.1, 0.15) is 51.2 Å². The van der Waals surface area contributed by atoms with Crippen molar-refractivity contribution in [3.8, 4) is 0 Å². The third-order valence-electron chi connectivity index (χ3n) is 5.75. The van der Waals surface area contributed by atoms with E-state index < -0.39 is 24.5 Å². The van der Waals surface area contributed by atoms with Crippen LogP contribution in [0.15, 0.2) is 12.4 Å². The van der Waals surface area contributed by atoms with Gasteiger partial charge < -0.3 is 25.4 Å². The Morgan fingerprint density at radius 2 is 1.86 bits per heavy atom. The number of nitrogens with zero attached hydrogens (tertiary/aromatic N) is 3. The second-order valence-corrected chi connectivity index (χ2v) is 8.12. The first-order valence-electron chi connectivity index (χ1n) is 10.0. The minimum atomic E-state index is -1.20. The van der Waals surface area contributed by atoms with E-state index in [0.717, 1.165) is 18.5 Å². The maximum absolute atomic E-state index is 10.3. The fourth-order valence-corrected chi connectivity index (χ4v) is 4.39. The Labute approximate surface area is 168 Å². The van der Waals surface area contributed by atoms with Gasteiger partial charge in [0.2, 0.25) is 0 Å². The number of aliphatic hydroxyl groups is 3. The molecule has 0 aromatic carbocycles. The highest BCUT2D eigenvalue weighted by Crippen LogP contribution is 2.34. The van der Waals surface area contributed by atoms with Gasteiger partial charge in [0, 0.05) is 12.1 Å². The number of ether oxygens (including phenoxy) is 1. The van der Waals surface area contributed by atoms with Gasteiger partial charge in [-0.05, 0) is 12.8 Å². The Morgan fingerprint density at radius 1 is 1.14 bits per heavy atom. The molecule has 2 aromatic heterocycles. The van der Waals surface area contributed by atoms with Crippen LogP contribution in [-0.2, 0) is 4.74 Å². The van der Waals surface area contributed by atoms with Gasteiger partial charge in [0.25, 0.3) is 0 Å². The van der Waals surface area contributed by atoms with E-state index in [4.69, 9.17) is 16.3 Å². The summed E-state index contributed by atoms with van der Waals surface area (Å²) in [5, 5.41) is 33.6. The van der Waals surface area contributed by atoms with Gasteiger partial charge >= 0.3 is 0 Å². The summed E-state index contributed by atoms with van der Waals surface area (Å²) in [4.78, 5) is 8.83. The number of anilines is 1. The standard InChI is InChI=1S/C19H27ClN4O4/c20-14-8-12(22-11-6-4-2-1-3-5-7-11)15-18(23-14)24(10-21-15)19-17(27)16(26)13(9-25)28-19/h8,10-11,13,16-17,19,25-27H,1-7,9H2,(H,22,23). The monoisotopic (exact) mass is 410 g/mol. The predicted octanol–water partition coefficient (Wildman–Crippen LogP) is 2.22. The lowest BCUT2D eigenvalue weighted by Gasteiger charge is -2.22. The SMILES string of the molecule is OCC1OC(n2cnc3c(NC4CCCCCCC4)cc(Cl)nc32)C(O)C1O. The molecule has 1 saturated carbocycles. The van der Waals surface area contributed by atoms with Crippen LogP contribution in [-0.4, -0.2) is 60.8 Å². The molecule has 2 aliphatic rings. The van der Waals surface area contributed by atoms with Crippen molar-refractivity contribution in [3.05, 3.63) is 17.5 Å². The molecule has 0 bridgehead atoms. The number of pyridine rings is 1. The number of rotatable bonds is 4. The van der Waals surface area contributed by atoms with Crippen LogP contribution >= 0.6 is 11.6 Å². The first kappa shape index (κ1) is 19.8. The second-order valence-electron chi connectivity index (χ2n) is 7.73. The average Bonchev–Trinajstić information content (AvgIpc) is 3.19. The van der Waals surface area contributed by atoms with Crippen LogP contribution < -0.4 is 5.32 Å². The molecule has 2 aromatic rings. The molecule has 0 spiro atoms. The molecule has 2 fully saturated rings. The van der Waals surface area contributed by atoms with Gasteiger partial charge in [-0.15, -0.1) is 0 Å². The normalized spacial score (nSPS) is 29.7. The summed E-state index contributed by atoms with van der Waals surface area (Å²) in [7, 11) is 0. The minimum Gasteiger partial charge on any atom is -0.394 e. The highest BCUT2D eigenvalue weighted by Gasteiger charge is 2.44. The first-order chi connectivity index (χ1) is 13.6. The fourth-order valence-electron chi connectivity index (χ4n) is 4.20. The molecule has 28 heavy (non-hydrogen) atoms. The molecule has 4 N–H and O–H groups in total. The van der Waals surface area contributed by atoms with E-state index in [1.54, 1.807) is 10.6 Å². The van der Waals surface area contributed by atoms with Crippen LogP contribution in [0.2, 0.25) is 5.15 Å². The lowest BCUT2D eigenvalue weighted by Crippen LogP contribution is -2.33. The molecule has 1 aliphatic heterocycles. The Kier molecular flexibility index (Phi) is 6.03. The zero-order valence-electron chi connectivity index (χ0n) is 15.7. The van der Waals surface area contributed by atoms with Crippen LogP contribution in [0.5, 0.6) is 0 Å². The summed E-state index contributed by atoms with van der Waals surface area (Å²) < 4.78 is 7.18. The summed E-state index contributed by atoms with van der Waals surface area (Å²) in [5.74, 6) is 0. The van der Waals surface area contributed by atoms with E-state index >= 15 is 0 Å². The molecule has 1 saturated heterocycles. The number of hydrogen-bond acceptors (Lipinski definition) is 7. The molecule has 1 aliphatic carbocycles. The van der Waals surface area contributed by atoms with Crippen molar-refractivity contribution in [1.82, 2.24) is 14.5 Å². The third kappa shape index (κ3) is 3.84. The maximum Gasteiger partial charge on any atom is 0.165 e. The molecule has 9 heteroatoms. The quantitative estimate of drug-likeness (QED) is 0.571. The summed E-state index contributed by atoms with van der Waals surface area (Å²) in [6, 6.07) is 2.14. The average molecular weight is 411 g/mol. The van der Waals surface area contributed by atoms with E-state index in [0.29, 0.717) is 22.4 Å². The molecule has 4 atom stereocenters. The van der Waals surface area contributed by atoms with Crippen LogP contribution in [0, 0.1) is 0 Å². The van der Waals surface area contributed by atoms with E-state index in [1.807, 2.05) is 0 Å². The van der Waals surface area contributed by atoms with Crippen molar-refractivity contribution in [2.75, 3.05) is 11.9 Å². The van der Waals surface area contributed by atoms with Crippen LogP contribution in [0.3, 0.4) is 0 Å². The summed E-state index contributed by atoms with van der Waals surface area (Å²) in [6.07, 6.45) is 5.87. The molecule has 0 amide bonds. The number of fused-ring (bicyclic) bond motifs is 1.